The standard InChI is InChI=1S/C13H13N3O.ClH/c14-10-7-12(17)16(8-10)11-5-1-3-9-4-2-6-15-13(9)11;/h1-6,10H,7-8,14H2;1H. The highest BCUT2D eigenvalue weighted by Gasteiger charge is 2.29. The molecular weight excluding hydrogens is 250 g/mol. The van der Waals surface area contributed by atoms with Crippen LogP contribution in [-0.4, -0.2) is 23.5 Å². The summed E-state index contributed by atoms with van der Waals surface area (Å²) in [6, 6.07) is 9.67. The van der Waals surface area contributed by atoms with Crippen LogP contribution in [0.4, 0.5) is 5.69 Å². The lowest BCUT2D eigenvalue weighted by atomic mass is 10.2. The topological polar surface area (TPSA) is 59.2 Å². The first-order valence-electron chi connectivity index (χ1n) is 5.65. The summed E-state index contributed by atoms with van der Waals surface area (Å²) >= 11 is 0. The van der Waals surface area contributed by atoms with E-state index in [-0.39, 0.29) is 24.4 Å². The van der Waals surface area contributed by atoms with E-state index in [9.17, 15) is 4.79 Å². The van der Waals surface area contributed by atoms with Gasteiger partial charge in [0.25, 0.3) is 0 Å². The summed E-state index contributed by atoms with van der Waals surface area (Å²) in [4.78, 5) is 17.9. The van der Waals surface area contributed by atoms with Crippen molar-refractivity contribution in [2.24, 2.45) is 5.73 Å². The van der Waals surface area contributed by atoms with Gasteiger partial charge in [-0.15, -0.1) is 12.4 Å². The number of aromatic nitrogens is 1. The maximum atomic E-state index is 11.8. The van der Waals surface area contributed by atoms with Gasteiger partial charge >= 0.3 is 0 Å². The van der Waals surface area contributed by atoms with Crippen molar-refractivity contribution in [2.45, 2.75) is 12.5 Å². The third-order valence-corrected chi connectivity index (χ3v) is 3.06. The van der Waals surface area contributed by atoms with Crippen LogP contribution in [0.2, 0.25) is 0 Å². The normalized spacial score (nSPS) is 19.1. The van der Waals surface area contributed by atoms with Gasteiger partial charge in [-0.05, 0) is 12.1 Å². The molecule has 1 aliphatic rings. The first-order chi connectivity index (χ1) is 8.25. The van der Waals surface area contributed by atoms with Crippen LogP contribution in [0.25, 0.3) is 10.9 Å². The molecule has 2 heterocycles. The Morgan fingerprint density at radius 2 is 2.06 bits per heavy atom. The Bertz CT molecular complexity index is 582. The Morgan fingerprint density at radius 3 is 2.78 bits per heavy atom. The molecule has 0 saturated carbocycles. The number of para-hydroxylation sites is 1. The average molecular weight is 264 g/mol. The lowest BCUT2D eigenvalue weighted by Gasteiger charge is -2.17. The average Bonchev–Trinajstić information content (AvgIpc) is 2.68. The summed E-state index contributed by atoms with van der Waals surface area (Å²) in [5, 5.41) is 1.04. The van der Waals surface area contributed by atoms with Gasteiger partial charge in [0.2, 0.25) is 5.91 Å². The number of carbonyl (C=O) groups excluding carboxylic acids is 1. The summed E-state index contributed by atoms with van der Waals surface area (Å²) in [5.41, 5.74) is 7.53. The fourth-order valence-corrected chi connectivity index (χ4v) is 2.27. The Morgan fingerprint density at radius 1 is 1.28 bits per heavy atom. The van der Waals surface area contributed by atoms with E-state index < -0.39 is 0 Å². The molecule has 94 valence electrons. The summed E-state index contributed by atoms with van der Waals surface area (Å²) in [6.45, 7) is 0.578. The van der Waals surface area contributed by atoms with Gasteiger partial charge in [0.05, 0.1) is 11.2 Å². The lowest BCUT2D eigenvalue weighted by Crippen LogP contribution is -2.28. The molecule has 3 rings (SSSR count). The third kappa shape index (κ3) is 2.05. The van der Waals surface area contributed by atoms with Crippen molar-refractivity contribution in [2.75, 3.05) is 11.4 Å². The van der Waals surface area contributed by atoms with E-state index in [1.54, 1.807) is 11.1 Å². The number of amides is 1. The minimum absolute atomic E-state index is 0. The molecule has 0 spiro atoms. The van der Waals surface area contributed by atoms with Gasteiger partial charge < -0.3 is 10.6 Å². The summed E-state index contributed by atoms with van der Waals surface area (Å²) < 4.78 is 0. The summed E-state index contributed by atoms with van der Waals surface area (Å²) in [5.74, 6) is 0.0793. The van der Waals surface area contributed by atoms with Crippen LogP contribution in [0.15, 0.2) is 36.5 Å². The second-order valence-electron chi connectivity index (χ2n) is 4.32. The minimum atomic E-state index is -0.0681. The van der Waals surface area contributed by atoms with Crippen molar-refractivity contribution in [1.29, 1.82) is 0 Å². The molecule has 1 aromatic carbocycles. The smallest absolute Gasteiger partial charge is 0.228 e. The van der Waals surface area contributed by atoms with Gasteiger partial charge in [-0.2, -0.15) is 0 Å². The largest absolute Gasteiger partial charge is 0.326 e. The van der Waals surface area contributed by atoms with E-state index in [1.165, 1.54) is 0 Å². The molecule has 5 heteroatoms. The molecule has 2 aromatic rings. The van der Waals surface area contributed by atoms with Crippen LogP contribution < -0.4 is 10.6 Å². The molecule has 1 fully saturated rings. The predicted octanol–water partition coefficient (Wildman–Crippen LogP) is 1.72. The van der Waals surface area contributed by atoms with E-state index in [4.69, 9.17) is 5.73 Å². The zero-order valence-electron chi connectivity index (χ0n) is 9.74. The van der Waals surface area contributed by atoms with Gasteiger partial charge in [-0.3, -0.25) is 9.78 Å². The number of rotatable bonds is 1. The van der Waals surface area contributed by atoms with Crippen LogP contribution >= 0.6 is 12.4 Å². The lowest BCUT2D eigenvalue weighted by molar-refractivity contribution is -0.117. The van der Waals surface area contributed by atoms with E-state index in [2.05, 4.69) is 4.98 Å². The number of hydrogen-bond donors (Lipinski definition) is 1. The van der Waals surface area contributed by atoms with Crippen LogP contribution in [0.5, 0.6) is 0 Å². The fourth-order valence-electron chi connectivity index (χ4n) is 2.27. The molecule has 18 heavy (non-hydrogen) atoms. The maximum Gasteiger partial charge on any atom is 0.228 e. The van der Waals surface area contributed by atoms with E-state index >= 15 is 0 Å². The Balaban J connectivity index is 0.00000120. The highest BCUT2D eigenvalue weighted by atomic mass is 35.5. The molecule has 1 amide bonds. The first-order valence-corrected chi connectivity index (χ1v) is 5.65. The van der Waals surface area contributed by atoms with Gasteiger partial charge in [-0.1, -0.05) is 18.2 Å². The van der Waals surface area contributed by atoms with Gasteiger partial charge in [-0.25, -0.2) is 0 Å². The molecule has 1 unspecified atom stereocenters. The molecule has 0 radical (unpaired) electrons. The Labute approximate surface area is 111 Å². The molecule has 0 bridgehead atoms. The maximum absolute atomic E-state index is 11.8. The zero-order chi connectivity index (χ0) is 11.8. The number of anilines is 1. The second kappa shape index (κ2) is 4.92. The molecule has 1 saturated heterocycles. The Hall–Kier alpha value is -1.65. The number of halogens is 1. The third-order valence-electron chi connectivity index (χ3n) is 3.06. The van der Waals surface area contributed by atoms with Crippen LogP contribution in [-0.2, 0) is 4.79 Å². The molecule has 2 N–H and O–H groups in total. The molecule has 1 aromatic heterocycles. The van der Waals surface area contributed by atoms with Crippen molar-refractivity contribution in [3.63, 3.8) is 0 Å². The second-order valence-corrected chi connectivity index (χ2v) is 4.32. The number of carbonyl (C=O) groups is 1. The SMILES string of the molecule is Cl.NC1CC(=O)N(c2cccc3cccnc23)C1. The van der Waals surface area contributed by atoms with Crippen LogP contribution in [0.1, 0.15) is 6.42 Å². The quantitative estimate of drug-likeness (QED) is 0.852. The van der Waals surface area contributed by atoms with E-state index in [1.807, 2.05) is 30.3 Å². The van der Waals surface area contributed by atoms with Gasteiger partial charge in [0.1, 0.15) is 0 Å². The van der Waals surface area contributed by atoms with Crippen molar-refractivity contribution in [1.82, 2.24) is 4.98 Å². The summed E-state index contributed by atoms with van der Waals surface area (Å²) in [6.07, 6.45) is 2.16. The highest BCUT2D eigenvalue weighted by Crippen LogP contribution is 2.27. The summed E-state index contributed by atoms with van der Waals surface area (Å²) in [7, 11) is 0. The molecular formula is C13H14ClN3O. The first kappa shape index (κ1) is 12.8. The molecule has 1 aliphatic heterocycles. The number of hydrogen-bond acceptors (Lipinski definition) is 3. The Kier molecular flexibility index (Phi) is 3.50. The van der Waals surface area contributed by atoms with Crippen LogP contribution in [0.3, 0.4) is 0 Å². The number of fused-ring (bicyclic) bond motifs is 1. The molecule has 0 aliphatic carbocycles. The monoisotopic (exact) mass is 263 g/mol. The van der Waals surface area contributed by atoms with Gasteiger partial charge in [0, 0.05) is 30.6 Å². The van der Waals surface area contributed by atoms with Crippen molar-refractivity contribution >= 4 is 34.9 Å². The predicted molar refractivity (Wildman–Crippen MR) is 73.9 cm³/mol. The molecule has 1 atom stereocenters. The van der Waals surface area contributed by atoms with Crippen molar-refractivity contribution < 1.29 is 4.79 Å². The van der Waals surface area contributed by atoms with E-state index in [0.717, 1.165) is 16.6 Å². The number of nitrogens with zero attached hydrogens (tertiary/aromatic N) is 2. The fraction of sp³-hybridized carbons (Fsp3) is 0.231. The number of pyridine rings is 1. The number of nitrogens with two attached hydrogens (primary N) is 1. The molecule has 4 nitrogen and oxygen atoms in total. The van der Waals surface area contributed by atoms with E-state index in [0.29, 0.717) is 13.0 Å². The van der Waals surface area contributed by atoms with Crippen molar-refractivity contribution in [3.8, 4) is 0 Å². The van der Waals surface area contributed by atoms with Crippen molar-refractivity contribution in [3.05, 3.63) is 36.5 Å². The zero-order valence-corrected chi connectivity index (χ0v) is 10.6. The van der Waals surface area contributed by atoms with Crippen LogP contribution in [0, 0.1) is 0 Å². The van der Waals surface area contributed by atoms with Gasteiger partial charge in [0.15, 0.2) is 0 Å². The minimum Gasteiger partial charge on any atom is -0.326 e. The highest BCUT2D eigenvalue weighted by molar-refractivity contribution is 6.03. The number of benzene rings is 1.